The summed E-state index contributed by atoms with van der Waals surface area (Å²) in [5.74, 6) is 0. The molecule has 1 aromatic rings. The average Bonchev–Trinajstić information content (AvgIpc) is 2.29. The minimum Gasteiger partial charge on any atom is -0.323 e. The van der Waals surface area contributed by atoms with E-state index in [1.54, 1.807) is 0 Å². The second-order valence-electron chi connectivity index (χ2n) is 4.44. The van der Waals surface area contributed by atoms with Gasteiger partial charge in [0.2, 0.25) is 0 Å². The maximum absolute atomic E-state index is 6.22. The molecule has 16 heavy (non-hydrogen) atoms. The summed E-state index contributed by atoms with van der Waals surface area (Å²) in [7, 11) is 0. The molecule has 0 aliphatic heterocycles. The van der Waals surface area contributed by atoms with Gasteiger partial charge < -0.3 is 10.6 Å². The third kappa shape index (κ3) is 3.32. The number of nitrogens with two attached hydrogens (primary N) is 1. The van der Waals surface area contributed by atoms with Crippen LogP contribution in [0.4, 0.5) is 0 Å². The van der Waals surface area contributed by atoms with Crippen molar-refractivity contribution >= 4 is 0 Å². The van der Waals surface area contributed by atoms with Crippen LogP contribution >= 0.6 is 0 Å². The summed E-state index contributed by atoms with van der Waals surface area (Å²) in [5, 5.41) is 0. The van der Waals surface area contributed by atoms with E-state index >= 15 is 0 Å². The monoisotopic (exact) mass is 220 g/mol. The molecule has 0 amide bonds. The number of benzene rings is 1. The lowest BCUT2D eigenvalue weighted by Crippen LogP contribution is -2.32. The summed E-state index contributed by atoms with van der Waals surface area (Å²) in [4.78, 5) is 2.36. The standard InChI is InChI=1S/C14H24N2/c1-5-16(6-2)10-14(15)13-8-7-11(3)12(4)9-13/h7-9,14H,5-6,10,15H2,1-4H3. The molecular formula is C14H24N2. The fourth-order valence-corrected chi connectivity index (χ4v) is 1.86. The molecule has 0 fully saturated rings. The Balaban J connectivity index is 2.72. The summed E-state index contributed by atoms with van der Waals surface area (Å²) < 4.78 is 0. The summed E-state index contributed by atoms with van der Waals surface area (Å²) in [5.41, 5.74) is 10.1. The van der Waals surface area contributed by atoms with E-state index in [2.05, 4.69) is 50.8 Å². The van der Waals surface area contributed by atoms with E-state index in [0.717, 1.165) is 19.6 Å². The van der Waals surface area contributed by atoms with E-state index in [1.165, 1.54) is 16.7 Å². The SMILES string of the molecule is CCN(CC)CC(N)c1ccc(C)c(C)c1. The zero-order valence-electron chi connectivity index (χ0n) is 11.0. The molecule has 1 aromatic carbocycles. The molecule has 0 radical (unpaired) electrons. The van der Waals surface area contributed by atoms with Crippen LogP contribution in [-0.4, -0.2) is 24.5 Å². The van der Waals surface area contributed by atoms with E-state index in [-0.39, 0.29) is 6.04 Å². The lowest BCUT2D eigenvalue weighted by atomic mass is 10.0. The zero-order chi connectivity index (χ0) is 12.1. The van der Waals surface area contributed by atoms with E-state index < -0.39 is 0 Å². The van der Waals surface area contributed by atoms with Gasteiger partial charge in [-0.3, -0.25) is 0 Å². The first-order valence-corrected chi connectivity index (χ1v) is 6.13. The van der Waals surface area contributed by atoms with Crippen molar-refractivity contribution in [1.29, 1.82) is 0 Å². The molecule has 0 aliphatic carbocycles. The lowest BCUT2D eigenvalue weighted by Gasteiger charge is -2.23. The second kappa shape index (κ2) is 6.02. The highest BCUT2D eigenvalue weighted by Gasteiger charge is 2.10. The molecule has 0 aromatic heterocycles. The summed E-state index contributed by atoms with van der Waals surface area (Å²) in [6.07, 6.45) is 0. The van der Waals surface area contributed by atoms with Crippen molar-refractivity contribution in [1.82, 2.24) is 4.90 Å². The summed E-state index contributed by atoms with van der Waals surface area (Å²) in [6, 6.07) is 6.64. The van der Waals surface area contributed by atoms with E-state index in [9.17, 15) is 0 Å². The smallest absolute Gasteiger partial charge is 0.0424 e. The number of hydrogen-bond acceptors (Lipinski definition) is 2. The highest BCUT2D eigenvalue weighted by atomic mass is 15.1. The van der Waals surface area contributed by atoms with Crippen LogP contribution in [0.3, 0.4) is 0 Å². The maximum Gasteiger partial charge on any atom is 0.0424 e. The third-order valence-corrected chi connectivity index (χ3v) is 3.31. The molecule has 0 aliphatic rings. The van der Waals surface area contributed by atoms with Gasteiger partial charge in [-0.25, -0.2) is 0 Å². The average molecular weight is 220 g/mol. The van der Waals surface area contributed by atoms with Crippen molar-refractivity contribution in [3.05, 3.63) is 34.9 Å². The molecule has 2 N–H and O–H groups in total. The van der Waals surface area contributed by atoms with E-state index in [1.807, 2.05) is 0 Å². The number of nitrogens with zero attached hydrogens (tertiary/aromatic N) is 1. The van der Waals surface area contributed by atoms with Gasteiger partial charge in [0.15, 0.2) is 0 Å². The van der Waals surface area contributed by atoms with Crippen LogP contribution in [-0.2, 0) is 0 Å². The minimum absolute atomic E-state index is 0.124. The molecule has 1 unspecified atom stereocenters. The predicted molar refractivity (Wildman–Crippen MR) is 70.6 cm³/mol. The number of aryl methyl sites for hydroxylation is 2. The Bertz CT molecular complexity index is 330. The van der Waals surface area contributed by atoms with Crippen molar-refractivity contribution < 1.29 is 0 Å². The van der Waals surface area contributed by atoms with Crippen LogP contribution in [0.25, 0.3) is 0 Å². The van der Waals surface area contributed by atoms with Gasteiger partial charge >= 0.3 is 0 Å². The fourth-order valence-electron chi connectivity index (χ4n) is 1.86. The third-order valence-electron chi connectivity index (χ3n) is 3.31. The van der Waals surface area contributed by atoms with E-state index in [4.69, 9.17) is 5.73 Å². The lowest BCUT2D eigenvalue weighted by molar-refractivity contribution is 0.284. The van der Waals surface area contributed by atoms with Gasteiger partial charge in [0.05, 0.1) is 0 Å². The second-order valence-corrected chi connectivity index (χ2v) is 4.44. The first-order valence-electron chi connectivity index (χ1n) is 6.13. The minimum atomic E-state index is 0.124. The largest absolute Gasteiger partial charge is 0.323 e. The summed E-state index contributed by atoms with van der Waals surface area (Å²) >= 11 is 0. The Labute approximate surface area is 99.5 Å². The molecule has 0 saturated heterocycles. The number of rotatable bonds is 5. The Hall–Kier alpha value is -0.860. The first kappa shape index (κ1) is 13.2. The van der Waals surface area contributed by atoms with Crippen LogP contribution < -0.4 is 5.73 Å². The van der Waals surface area contributed by atoms with Gasteiger partial charge in [0.1, 0.15) is 0 Å². The van der Waals surface area contributed by atoms with Crippen LogP contribution in [0.5, 0.6) is 0 Å². The Morgan fingerprint density at radius 2 is 1.75 bits per heavy atom. The Kier molecular flexibility index (Phi) is 4.97. The van der Waals surface area contributed by atoms with Crippen molar-refractivity contribution in [3.63, 3.8) is 0 Å². The molecule has 1 atom stereocenters. The first-order chi connectivity index (χ1) is 7.58. The molecular weight excluding hydrogens is 196 g/mol. The Morgan fingerprint density at radius 3 is 2.25 bits per heavy atom. The van der Waals surface area contributed by atoms with Gasteiger partial charge in [-0.1, -0.05) is 32.0 Å². The van der Waals surface area contributed by atoms with Gasteiger partial charge in [-0.15, -0.1) is 0 Å². The fraction of sp³-hybridized carbons (Fsp3) is 0.571. The molecule has 0 saturated carbocycles. The van der Waals surface area contributed by atoms with Crippen molar-refractivity contribution in [2.75, 3.05) is 19.6 Å². The van der Waals surface area contributed by atoms with Gasteiger partial charge in [-0.2, -0.15) is 0 Å². The van der Waals surface area contributed by atoms with Crippen LogP contribution in [0.1, 0.15) is 36.6 Å². The van der Waals surface area contributed by atoms with Crippen LogP contribution in [0, 0.1) is 13.8 Å². The van der Waals surface area contributed by atoms with Crippen molar-refractivity contribution in [2.45, 2.75) is 33.7 Å². The molecule has 0 bridgehead atoms. The zero-order valence-corrected chi connectivity index (χ0v) is 11.0. The van der Waals surface area contributed by atoms with Crippen molar-refractivity contribution in [3.8, 4) is 0 Å². The number of likely N-dealkylation sites (N-methyl/N-ethyl adjacent to an activating group) is 1. The van der Waals surface area contributed by atoms with Gasteiger partial charge in [0.25, 0.3) is 0 Å². The normalized spacial score (nSPS) is 13.1. The topological polar surface area (TPSA) is 29.3 Å². The van der Waals surface area contributed by atoms with E-state index in [0.29, 0.717) is 0 Å². The highest BCUT2D eigenvalue weighted by Crippen LogP contribution is 2.16. The molecule has 2 heteroatoms. The molecule has 0 spiro atoms. The predicted octanol–water partition coefficient (Wildman–Crippen LogP) is 2.65. The highest BCUT2D eigenvalue weighted by molar-refractivity contribution is 5.31. The Morgan fingerprint density at radius 1 is 1.12 bits per heavy atom. The van der Waals surface area contributed by atoms with Gasteiger partial charge in [-0.05, 0) is 43.6 Å². The van der Waals surface area contributed by atoms with Crippen LogP contribution in [0.15, 0.2) is 18.2 Å². The van der Waals surface area contributed by atoms with Gasteiger partial charge in [0, 0.05) is 12.6 Å². The molecule has 2 nitrogen and oxygen atoms in total. The van der Waals surface area contributed by atoms with Crippen molar-refractivity contribution in [2.24, 2.45) is 5.73 Å². The molecule has 90 valence electrons. The van der Waals surface area contributed by atoms with Crippen LogP contribution in [0.2, 0.25) is 0 Å². The quantitative estimate of drug-likeness (QED) is 0.826. The number of hydrogen-bond donors (Lipinski definition) is 1. The summed E-state index contributed by atoms with van der Waals surface area (Å²) in [6.45, 7) is 11.7. The maximum atomic E-state index is 6.22. The molecule has 0 heterocycles. The molecule has 1 rings (SSSR count).